The molecule has 0 bridgehead atoms. The molecule has 1 heterocycles. The lowest BCUT2D eigenvalue weighted by Crippen LogP contribution is -2.35. The fraction of sp³-hybridized carbons (Fsp3) is 0.250. The smallest absolute Gasteiger partial charge is 0.319 e. The van der Waals surface area contributed by atoms with Gasteiger partial charge in [-0.3, -0.25) is 0 Å². The van der Waals surface area contributed by atoms with Crippen molar-refractivity contribution in [1.29, 1.82) is 0 Å². The topological polar surface area (TPSA) is 80.1 Å². The first-order valence-corrected chi connectivity index (χ1v) is 8.64. The first kappa shape index (κ1) is 16.3. The SMILES string of the molecule is Cc1ccc(-c2nnco2)cc1NC(=O)NCC1(c2ccccc2)CC1. The molecular weight excluding hydrogens is 328 g/mol. The predicted molar refractivity (Wildman–Crippen MR) is 98.8 cm³/mol. The molecule has 1 fully saturated rings. The second kappa shape index (κ2) is 6.63. The van der Waals surface area contributed by atoms with E-state index in [4.69, 9.17) is 4.42 Å². The van der Waals surface area contributed by atoms with Crippen molar-refractivity contribution in [2.24, 2.45) is 0 Å². The molecule has 6 heteroatoms. The maximum Gasteiger partial charge on any atom is 0.319 e. The molecule has 0 radical (unpaired) electrons. The van der Waals surface area contributed by atoms with E-state index in [-0.39, 0.29) is 11.4 Å². The maximum atomic E-state index is 12.4. The zero-order valence-electron chi connectivity index (χ0n) is 14.5. The fourth-order valence-corrected chi connectivity index (χ4v) is 3.11. The van der Waals surface area contributed by atoms with Crippen LogP contribution in [0.2, 0.25) is 0 Å². The number of anilines is 1. The molecule has 4 rings (SSSR count). The number of amides is 2. The van der Waals surface area contributed by atoms with Gasteiger partial charge in [0, 0.05) is 23.2 Å². The van der Waals surface area contributed by atoms with E-state index in [1.54, 1.807) is 0 Å². The Morgan fingerprint density at radius 1 is 1.19 bits per heavy atom. The summed E-state index contributed by atoms with van der Waals surface area (Å²) in [5.74, 6) is 0.425. The van der Waals surface area contributed by atoms with Crippen molar-refractivity contribution >= 4 is 11.7 Å². The predicted octanol–water partition coefficient (Wildman–Crippen LogP) is 3.90. The third-order valence-electron chi connectivity index (χ3n) is 4.92. The van der Waals surface area contributed by atoms with E-state index >= 15 is 0 Å². The molecule has 26 heavy (non-hydrogen) atoms. The lowest BCUT2D eigenvalue weighted by Gasteiger charge is -2.17. The van der Waals surface area contributed by atoms with Crippen LogP contribution in [0.25, 0.3) is 11.5 Å². The standard InChI is InChI=1S/C20H20N4O2/c1-14-7-8-15(18-24-22-13-26-18)11-17(14)23-19(25)21-12-20(9-10-20)16-5-3-2-4-6-16/h2-8,11,13H,9-10,12H2,1H3,(H2,21,23,25). The number of rotatable bonds is 5. The Balaban J connectivity index is 1.42. The number of nitrogens with one attached hydrogen (secondary N) is 2. The number of nitrogens with zero attached hydrogens (tertiary/aromatic N) is 2. The molecule has 0 spiro atoms. The Morgan fingerprint density at radius 3 is 2.69 bits per heavy atom. The van der Waals surface area contributed by atoms with Gasteiger partial charge in [-0.2, -0.15) is 0 Å². The van der Waals surface area contributed by atoms with E-state index in [2.05, 4.69) is 33.0 Å². The van der Waals surface area contributed by atoms with Crippen molar-refractivity contribution in [3.8, 4) is 11.5 Å². The van der Waals surface area contributed by atoms with Gasteiger partial charge in [-0.05, 0) is 43.0 Å². The summed E-state index contributed by atoms with van der Waals surface area (Å²) in [6.45, 7) is 2.57. The number of hydrogen-bond acceptors (Lipinski definition) is 4. The van der Waals surface area contributed by atoms with Crippen LogP contribution in [0.4, 0.5) is 10.5 Å². The van der Waals surface area contributed by atoms with Gasteiger partial charge in [-0.15, -0.1) is 10.2 Å². The highest BCUT2D eigenvalue weighted by Crippen LogP contribution is 2.47. The Kier molecular flexibility index (Phi) is 4.16. The first-order valence-electron chi connectivity index (χ1n) is 8.64. The highest BCUT2D eigenvalue weighted by atomic mass is 16.4. The maximum absolute atomic E-state index is 12.4. The number of benzene rings is 2. The van der Waals surface area contributed by atoms with Crippen molar-refractivity contribution in [1.82, 2.24) is 15.5 Å². The van der Waals surface area contributed by atoms with E-state index in [9.17, 15) is 4.79 Å². The van der Waals surface area contributed by atoms with Gasteiger partial charge in [0.15, 0.2) is 0 Å². The van der Waals surface area contributed by atoms with Crippen LogP contribution in [0.1, 0.15) is 24.0 Å². The summed E-state index contributed by atoms with van der Waals surface area (Å²) < 4.78 is 5.22. The molecule has 0 unspecified atom stereocenters. The van der Waals surface area contributed by atoms with Crippen LogP contribution < -0.4 is 10.6 Å². The minimum absolute atomic E-state index is 0.0826. The van der Waals surface area contributed by atoms with Crippen molar-refractivity contribution in [3.05, 3.63) is 66.1 Å². The third-order valence-corrected chi connectivity index (χ3v) is 4.92. The monoisotopic (exact) mass is 348 g/mol. The van der Waals surface area contributed by atoms with Crippen LogP contribution in [0.3, 0.4) is 0 Å². The van der Waals surface area contributed by atoms with Crippen molar-refractivity contribution in [2.75, 3.05) is 11.9 Å². The van der Waals surface area contributed by atoms with Crippen LogP contribution in [0.15, 0.2) is 59.3 Å². The van der Waals surface area contributed by atoms with Gasteiger partial charge in [-0.25, -0.2) is 4.79 Å². The van der Waals surface area contributed by atoms with Crippen molar-refractivity contribution < 1.29 is 9.21 Å². The molecule has 3 aromatic rings. The summed E-state index contributed by atoms with van der Waals surface area (Å²) in [6, 6.07) is 15.8. The number of hydrogen-bond donors (Lipinski definition) is 2. The molecule has 2 amide bonds. The molecule has 0 saturated heterocycles. The zero-order chi connectivity index (χ0) is 18.0. The molecular formula is C20H20N4O2. The zero-order valence-corrected chi connectivity index (χ0v) is 14.5. The van der Waals surface area contributed by atoms with Crippen molar-refractivity contribution in [3.63, 3.8) is 0 Å². The average molecular weight is 348 g/mol. The second-order valence-corrected chi connectivity index (χ2v) is 6.73. The number of carbonyl (C=O) groups is 1. The molecule has 0 atom stereocenters. The normalized spacial score (nSPS) is 14.7. The molecule has 1 aromatic heterocycles. The molecule has 0 aliphatic heterocycles. The summed E-state index contributed by atoms with van der Waals surface area (Å²) in [5.41, 5.74) is 3.83. The molecule has 6 nitrogen and oxygen atoms in total. The van der Waals surface area contributed by atoms with Gasteiger partial charge >= 0.3 is 6.03 Å². The third kappa shape index (κ3) is 3.31. The molecule has 2 aromatic carbocycles. The Labute approximate surface area is 151 Å². The molecule has 1 aliphatic carbocycles. The summed E-state index contributed by atoms with van der Waals surface area (Å²) in [4.78, 5) is 12.4. The lowest BCUT2D eigenvalue weighted by atomic mass is 9.96. The Hall–Kier alpha value is -3.15. The molecule has 2 N–H and O–H groups in total. The van der Waals surface area contributed by atoms with Gasteiger partial charge in [0.05, 0.1) is 0 Å². The quantitative estimate of drug-likeness (QED) is 0.733. The summed E-state index contributed by atoms with van der Waals surface area (Å²) in [6.07, 6.45) is 3.49. The largest absolute Gasteiger partial charge is 0.423 e. The Morgan fingerprint density at radius 2 is 2.00 bits per heavy atom. The fourth-order valence-electron chi connectivity index (χ4n) is 3.11. The number of aryl methyl sites for hydroxylation is 1. The van der Waals surface area contributed by atoms with Gasteiger partial charge in [0.2, 0.25) is 12.3 Å². The first-order chi connectivity index (χ1) is 12.7. The van der Waals surface area contributed by atoms with Gasteiger partial charge in [0.1, 0.15) is 0 Å². The molecule has 1 saturated carbocycles. The number of aromatic nitrogens is 2. The van der Waals surface area contributed by atoms with Crippen molar-refractivity contribution in [2.45, 2.75) is 25.2 Å². The van der Waals surface area contributed by atoms with Crippen LogP contribution >= 0.6 is 0 Å². The number of urea groups is 1. The summed E-state index contributed by atoms with van der Waals surface area (Å²) in [5, 5.41) is 13.5. The van der Waals surface area contributed by atoms with Gasteiger partial charge < -0.3 is 15.1 Å². The highest BCUT2D eigenvalue weighted by Gasteiger charge is 2.44. The second-order valence-electron chi connectivity index (χ2n) is 6.73. The van der Waals surface area contributed by atoms with Crippen LogP contribution in [0.5, 0.6) is 0 Å². The van der Waals surface area contributed by atoms with E-state index < -0.39 is 0 Å². The average Bonchev–Trinajstić information content (AvgIpc) is 3.26. The molecule has 1 aliphatic rings. The van der Waals surface area contributed by atoms with E-state index in [1.165, 1.54) is 12.0 Å². The van der Waals surface area contributed by atoms with Gasteiger partial charge in [0.25, 0.3) is 0 Å². The molecule has 132 valence electrons. The number of carbonyl (C=O) groups excluding carboxylic acids is 1. The van der Waals surface area contributed by atoms with E-state index in [0.29, 0.717) is 12.4 Å². The van der Waals surface area contributed by atoms with E-state index in [0.717, 1.165) is 29.7 Å². The minimum Gasteiger partial charge on any atom is -0.423 e. The van der Waals surface area contributed by atoms with Crippen LogP contribution in [0, 0.1) is 6.92 Å². The summed E-state index contributed by atoms with van der Waals surface area (Å²) in [7, 11) is 0. The van der Waals surface area contributed by atoms with Crippen LogP contribution in [-0.2, 0) is 5.41 Å². The van der Waals surface area contributed by atoms with Crippen LogP contribution in [-0.4, -0.2) is 22.8 Å². The highest BCUT2D eigenvalue weighted by molar-refractivity contribution is 5.91. The van der Waals surface area contributed by atoms with Gasteiger partial charge in [-0.1, -0.05) is 36.4 Å². The summed E-state index contributed by atoms with van der Waals surface area (Å²) >= 11 is 0. The minimum atomic E-state index is -0.210. The van der Waals surface area contributed by atoms with E-state index in [1.807, 2.05) is 43.3 Å². The Bertz CT molecular complexity index is 903. The lowest BCUT2D eigenvalue weighted by molar-refractivity contribution is 0.251.